The van der Waals surface area contributed by atoms with Crippen LogP contribution in [-0.4, -0.2) is 38.9 Å². The summed E-state index contributed by atoms with van der Waals surface area (Å²) in [4.78, 5) is 23.9. The number of aliphatic hydroxyl groups is 1. The summed E-state index contributed by atoms with van der Waals surface area (Å²) in [5.74, 6) is 0.369. The van der Waals surface area contributed by atoms with E-state index >= 15 is 0 Å². The van der Waals surface area contributed by atoms with Crippen LogP contribution in [0.3, 0.4) is 0 Å². The van der Waals surface area contributed by atoms with Gasteiger partial charge in [0.05, 0.1) is 17.9 Å². The third kappa shape index (κ3) is 3.19. The number of thiazole rings is 1. The lowest BCUT2D eigenvalue weighted by Gasteiger charge is -2.23. The van der Waals surface area contributed by atoms with Gasteiger partial charge in [-0.15, -0.1) is 11.3 Å². The van der Waals surface area contributed by atoms with Crippen LogP contribution in [-0.2, 0) is 4.79 Å². The predicted molar refractivity (Wildman–Crippen MR) is 99.6 cm³/mol. The van der Waals surface area contributed by atoms with Gasteiger partial charge in [-0.25, -0.2) is 4.98 Å². The Morgan fingerprint density at radius 2 is 2.21 bits per heavy atom. The van der Waals surface area contributed by atoms with Gasteiger partial charge in [0.15, 0.2) is 9.63 Å². The van der Waals surface area contributed by atoms with Crippen molar-refractivity contribution in [2.24, 2.45) is 4.99 Å². The minimum Gasteiger partial charge on any atom is -0.515 e. The Balaban J connectivity index is 1.98. The Morgan fingerprint density at radius 1 is 1.46 bits per heavy atom. The van der Waals surface area contributed by atoms with Gasteiger partial charge in [0.2, 0.25) is 0 Å². The van der Waals surface area contributed by atoms with E-state index in [-0.39, 0.29) is 17.5 Å². The summed E-state index contributed by atoms with van der Waals surface area (Å²) >= 11 is 8.78. The fraction of sp³-hybridized carbons (Fsp3) is 0.188. The Labute approximate surface area is 152 Å². The Kier molecular flexibility index (Phi) is 5.23. The lowest BCUT2D eigenvalue weighted by Crippen LogP contribution is -2.34. The van der Waals surface area contributed by atoms with Crippen molar-refractivity contribution in [1.82, 2.24) is 9.88 Å². The van der Waals surface area contributed by atoms with E-state index in [4.69, 9.17) is 11.6 Å². The maximum atomic E-state index is 13.1. The van der Waals surface area contributed by atoms with Crippen molar-refractivity contribution in [3.8, 4) is 0 Å². The van der Waals surface area contributed by atoms with Crippen LogP contribution in [0.15, 0.2) is 47.8 Å². The lowest BCUT2D eigenvalue weighted by molar-refractivity contribution is -0.122. The van der Waals surface area contributed by atoms with Crippen molar-refractivity contribution in [3.63, 3.8) is 0 Å². The largest absolute Gasteiger partial charge is 0.515 e. The zero-order valence-electron chi connectivity index (χ0n) is 12.7. The summed E-state index contributed by atoms with van der Waals surface area (Å²) in [5, 5.41) is 10.3. The van der Waals surface area contributed by atoms with E-state index in [9.17, 15) is 9.90 Å². The smallest absolute Gasteiger partial charge is 0.264 e. The van der Waals surface area contributed by atoms with Crippen molar-refractivity contribution >= 4 is 51.3 Å². The molecule has 1 saturated heterocycles. The maximum absolute atomic E-state index is 13.1. The molecule has 5 nitrogen and oxygen atoms in total. The third-order valence-corrected chi connectivity index (χ3v) is 5.90. The van der Waals surface area contributed by atoms with Gasteiger partial charge in [-0.05, 0) is 5.56 Å². The number of amidine groups is 1. The van der Waals surface area contributed by atoms with Crippen LogP contribution in [0.5, 0.6) is 0 Å². The van der Waals surface area contributed by atoms with Gasteiger partial charge >= 0.3 is 0 Å². The molecule has 2 heterocycles. The molecule has 1 aromatic heterocycles. The molecule has 1 aliphatic rings. The number of amides is 1. The number of hydrogen-bond donors (Lipinski definition) is 1. The fourth-order valence-electron chi connectivity index (χ4n) is 2.46. The first-order valence-corrected chi connectivity index (χ1v) is 9.28. The van der Waals surface area contributed by atoms with E-state index in [2.05, 4.69) is 9.98 Å². The highest BCUT2D eigenvalue weighted by Crippen LogP contribution is 2.40. The van der Waals surface area contributed by atoms with Crippen LogP contribution >= 0.6 is 34.7 Å². The van der Waals surface area contributed by atoms with E-state index in [1.807, 2.05) is 18.2 Å². The second kappa shape index (κ2) is 7.38. The van der Waals surface area contributed by atoms with Crippen LogP contribution in [0.25, 0.3) is 5.57 Å². The zero-order chi connectivity index (χ0) is 17.1. The number of aliphatic imine (C=N–C) groups is 1. The average molecular weight is 380 g/mol. The van der Waals surface area contributed by atoms with Gasteiger partial charge in [-0.3, -0.25) is 14.7 Å². The average Bonchev–Trinajstić information content (AvgIpc) is 3.22. The van der Waals surface area contributed by atoms with Crippen molar-refractivity contribution in [3.05, 3.63) is 57.7 Å². The molecule has 124 valence electrons. The highest BCUT2D eigenvalue weighted by Gasteiger charge is 2.38. The van der Waals surface area contributed by atoms with Gasteiger partial charge in [0.25, 0.3) is 5.91 Å². The predicted octanol–water partition coefficient (Wildman–Crippen LogP) is 4.00. The molecular weight excluding hydrogens is 366 g/mol. The van der Waals surface area contributed by atoms with Crippen molar-refractivity contribution < 1.29 is 9.90 Å². The molecule has 0 radical (unpaired) electrons. The topological polar surface area (TPSA) is 65.8 Å². The van der Waals surface area contributed by atoms with E-state index in [0.29, 0.717) is 21.0 Å². The fourth-order valence-corrected chi connectivity index (χ4v) is 4.73. The Hall–Kier alpha value is -1.83. The number of carbonyl (C=O) groups is 1. The summed E-state index contributed by atoms with van der Waals surface area (Å²) in [6.45, 7) is 0. The summed E-state index contributed by atoms with van der Waals surface area (Å²) in [7, 11) is 1.65. The van der Waals surface area contributed by atoms with E-state index in [0.717, 1.165) is 11.1 Å². The van der Waals surface area contributed by atoms with Gasteiger partial charge in [0, 0.05) is 23.9 Å². The molecule has 1 aliphatic heterocycles. The minimum atomic E-state index is -0.302. The maximum Gasteiger partial charge on any atom is 0.264 e. The standard InChI is InChI=1S/C16H14ClN3O2S2/c1-18-16-20(12(9-23-16)13-7-19-15(17)24-13)14(22)11(8-21)10-5-3-2-4-6-10/h2-8,12,21H,9H2,1H3/b11-8+,18-16-. The molecule has 0 bridgehead atoms. The molecule has 0 spiro atoms. The molecule has 1 fully saturated rings. The zero-order valence-corrected chi connectivity index (χ0v) is 15.1. The highest BCUT2D eigenvalue weighted by molar-refractivity contribution is 8.14. The molecule has 2 aromatic rings. The minimum absolute atomic E-state index is 0.204. The molecule has 24 heavy (non-hydrogen) atoms. The number of rotatable bonds is 3. The van der Waals surface area contributed by atoms with Gasteiger partial charge < -0.3 is 5.11 Å². The van der Waals surface area contributed by atoms with Crippen LogP contribution in [0.2, 0.25) is 4.47 Å². The number of halogens is 1. The van der Waals surface area contributed by atoms with Crippen LogP contribution < -0.4 is 0 Å². The number of thioether (sulfide) groups is 1. The molecule has 1 atom stereocenters. The van der Waals surface area contributed by atoms with Gasteiger partial charge in [-0.2, -0.15) is 0 Å². The monoisotopic (exact) mass is 379 g/mol. The molecule has 1 unspecified atom stereocenters. The summed E-state index contributed by atoms with van der Waals surface area (Å²) in [5.41, 5.74) is 0.873. The second-order valence-electron chi connectivity index (χ2n) is 4.93. The molecule has 8 heteroatoms. The van der Waals surface area contributed by atoms with Gasteiger partial charge in [-0.1, -0.05) is 53.7 Å². The van der Waals surface area contributed by atoms with Crippen LogP contribution in [0.1, 0.15) is 16.5 Å². The lowest BCUT2D eigenvalue weighted by atomic mass is 10.1. The van der Waals surface area contributed by atoms with Crippen LogP contribution in [0, 0.1) is 0 Å². The quantitative estimate of drug-likeness (QED) is 0.646. The first-order chi connectivity index (χ1) is 11.7. The first-order valence-electron chi connectivity index (χ1n) is 7.10. The Bertz CT molecular complexity index is 805. The normalized spacial score (nSPS) is 19.9. The number of carbonyl (C=O) groups excluding carboxylic acids is 1. The molecular formula is C16H14ClN3O2S2. The number of benzene rings is 1. The number of aromatic nitrogens is 1. The molecule has 3 rings (SSSR count). The van der Waals surface area contributed by atoms with Crippen molar-refractivity contribution in [1.29, 1.82) is 0 Å². The van der Waals surface area contributed by atoms with Gasteiger partial charge in [0.1, 0.15) is 0 Å². The SMILES string of the molecule is C/N=C1\SCC(c2cnc(Cl)s2)N1C(=O)/C(=C/O)c1ccccc1. The number of hydrogen-bond acceptors (Lipinski definition) is 6. The van der Waals surface area contributed by atoms with E-state index in [1.165, 1.54) is 23.1 Å². The van der Waals surface area contributed by atoms with Crippen molar-refractivity contribution in [2.75, 3.05) is 12.8 Å². The molecule has 0 aliphatic carbocycles. The highest BCUT2D eigenvalue weighted by atomic mass is 35.5. The van der Waals surface area contributed by atoms with E-state index < -0.39 is 0 Å². The number of nitrogens with zero attached hydrogens (tertiary/aromatic N) is 3. The molecule has 0 saturated carbocycles. The van der Waals surface area contributed by atoms with Crippen LogP contribution in [0.4, 0.5) is 0 Å². The van der Waals surface area contributed by atoms with E-state index in [1.54, 1.807) is 30.3 Å². The summed E-state index contributed by atoms with van der Waals surface area (Å²) in [6.07, 6.45) is 2.53. The summed E-state index contributed by atoms with van der Waals surface area (Å²) in [6, 6.07) is 8.86. The second-order valence-corrected chi connectivity index (χ2v) is 7.56. The summed E-state index contributed by atoms with van der Waals surface area (Å²) < 4.78 is 0.435. The molecule has 1 N–H and O–H groups in total. The molecule has 1 amide bonds. The third-order valence-electron chi connectivity index (χ3n) is 3.57. The first kappa shape index (κ1) is 17.0. The Morgan fingerprint density at radius 3 is 2.79 bits per heavy atom. The molecule has 1 aromatic carbocycles. The number of aliphatic hydroxyl groups excluding tert-OH is 1. The van der Waals surface area contributed by atoms with Crippen molar-refractivity contribution in [2.45, 2.75) is 6.04 Å².